The first-order chi connectivity index (χ1) is 5.10. The Hall–Kier alpha value is -0.590. The van der Waals surface area contributed by atoms with Crippen molar-refractivity contribution in [2.24, 2.45) is 0 Å². The first kappa shape index (κ1) is 10.4. The van der Waals surface area contributed by atoms with E-state index in [1.54, 1.807) is 7.11 Å². The first-order valence-corrected chi connectivity index (χ1v) is 3.79. The molecule has 3 heteroatoms. The summed E-state index contributed by atoms with van der Waals surface area (Å²) in [6.45, 7) is 6.46. The van der Waals surface area contributed by atoms with Crippen LogP contribution < -0.4 is 5.32 Å². The molecule has 0 aromatic rings. The van der Waals surface area contributed by atoms with Gasteiger partial charge in [-0.1, -0.05) is 6.92 Å². The van der Waals surface area contributed by atoms with Crippen LogP contribution in [0.3, 0.4) is 0 Å². The van der Waals surface area contributed by atoms with E-state index < -0.39 is 5.54 Å². The summed E-state index contributed by atoms with van der Waals surface area (Å²) in [6, 6.07) is 2.19. The molecule has 0 radical (unpaired) electrons. The molecule has 0 aromatic carbocycles. The van der Waals surface area contributed by atoms with Gasteiger partial charge in [0.15, 0.2) is 0 Å². The van der Waals surface area contributed by atoms with E-state index in [1.807, 2.05) is 20.8 Å². The molecule has 0 amide bonds. The van der Waals surface area contributed by atoms with E-state index in [2.05, 4.69) is 11.4 Å². The second kappa shape index (κ2) is 4.32. The number of methoxy groups -OCH3 is 1. The van der Waals surface area contributed by atoms with Crippen molar-refractivity contribution in [3.8, 4) is 6.07 Å². The van der Waals surface area contributed by atoms with E-state index in [-0.39, 0.29) is 6.10 Å². The molecule has 11 heavy (non-hydrogen) atoms. The number of rotatable bonds is 4. The Morgan fingerprint density at radius 1 is 1.73 bits per heavy atom. The molecule has 3 nitrogen and oxygen atoms in total. The van der Waals surface area contributed by atoms with Crippen molar-refractivity contribution in [3.63, 3.8) is 0 Å². The van der Waals surface area contributed by atoms with E-state index >= 15 is 0 Å². The maximum atomic E-state index is 8.83. The van der Waals surface area contributed by atoms with Gasteiger partial charge in [-0.05, 0) is 20.4 Å². The van der Waals surface area contributed by atoms with Crippen LogP contribution in [0.2, 0.25) is 0 Å². The Balaban J connectivity index is 4.22. The molecule has 0 aromatic heterocycles. The predicted octanol–water partition coefficient (Wildman–Crippen LogP) is 0.913. The lowest BCUT2D eigenvalue weighted by Gasteiger charge is -2.28. The van der Waals surface area contributed by atoms with Crippen LogP contribution in [-0.2, 0) is 4.74 Å². The SMILES string of the molecule is CCNC(C)(C#N)C(C)OC. The maximum absolute atomic E-state index is 8.83. The van der Waals surface area contributed by atoms with Crippen molar-refractivity contribution >= 4 is 0 Å². The van der Waals surface area contributed by atoms with Gasteiger partial charge in [-0.3, -0.25) is 5.32 Å². The summed E-state index contributed by atoms with van der Waals surface area (Å²) in [6.07, 6.45) is -0.0903. The van der Waals surface area contributed by atoms with Crippen molar-refractivity contribution in [2.45, 2.75) is 32.4 Å². The normalized spacial score (nSPS) is 18.5. The van der Waals surface area contributed by atoms with Crippen molar-refractivity contribution in [2.75, 3.05) is 13.7 Å². The predicted molar refractivity (Wildman–Crippen MR) is 44.2 cm³/mol. The fraction of sp³-hybridized carbons (Fsp3) is 0.875. The molecule has 0 saturated carbocycles. The zero-order valence-corrected chi connectivity index (χ0v) is 7.64. The number of hydrogen-bond donors (Lipinski definition) is 1. The molecule has 0 saturated heterocycles. The molecule has 0 aliphatic rings. The van der Waals surface area contributed by atoms with E-state index in [1.165, 1.54) is 0 Å². The zero-order chi connectivity index (χ0) is 8.91. The molecule has 1 N–H and O–H groups in total. The van der Waals surface area contributed by atoms with Crippen LogP contribution in [0.1, 0.15) is 20.8 Å². The van der Waals surface area contributed by atoms with Gasteiger partial charge in [0.05, 0.1) is 12.2 Å². The van der Waals surface area contributed by atoms with Gasteiger partial charge >= 0.3 is 0 Å². The molecular weight excluding hydrogens is 140 g/mol. The van der Waals surface area contributed by atoms with E-state index in [4.69, 9.17) is 10.00 Å². The highest BCUT2D eigenvalue weighted by Crippen LogP contribution is 2.10. The fourth-order valence-corrected chi connectivity index (χ4v) is 0.877. The number of nitriles is 1. The molecule has 0 fully saturated rings. The average molecular weight is 156 g/mol. The monoisotopic (exact) mass is 156 g/mol. The minimum atomic E-state index is -0.566. The molecule has 2 unspecified atom stereocenters. The highest BCUT2D eigenvalue weighted by atomic mass is 16.5. The molecular formula is C8H16N2O. The molecule has 0 aliphatic heterocycles. The highest BCUT2D eigenvalue weighted by Gasteiger charge is 2.29. The van der Waals surface area contributed by atoms with Crippen LogP contribution in [0.5, 0.6) is 0 Å². The standard InChI is InChI=1S/C8H16N2O/c1-5-10-8(3,6-9)7(2)11-4/h7,10H,5H2,1-4H3. The van der Waals surface area contributed by atoms with Gasteiger partial charge in [0.25, 0.3) is 0 Å². The third kappa shape index (κ3) is 2.49. The molecule has 0 aliphatic carbocycles. The quantitative estimate of drug-likeness (QED) is 0.658. The number of nitrogens with zero attached hydrogens (tertiary/aromatic N) is 1. The summed E-state index contributed by atoms with van der Waals surface area (Å²) < 4.78 is 5.07. The van der Waals surface area contributed by atoms with Gasteiger partial charge in [-0.2, -0.15) is 5.26 Å². The fourth-order valence-electron chi connectivity index (χ4n) is 0.877. The molecule has 0 bridgehead atoms. The van der Waals surface area contributed by atoms with Gasteiger partial charge in [-0.25, -0.2) is 0 Å². The number of nitrogens with one attached hydrogen (secondary N) is 1. The van der Waals surface area contributed by atoms with Gasteiger partial charge in [0.1, 0.15) is 5.54 Å². The minimum absolute atomic E-state index is 0.0903. The second-order valence-electron chi connectivity index (χ2n) is 2.72. The van der Waals surface area contributed by atoms with Gasteiger partial charge in [0.2, 0.25) is 0 Å². The van der Waals surface area contributed by atoms with E-state index in [9.17, 15) is 0 Å². The number of likely N-dealkylation sites (N-methyl/N-ethyl adjacent to an activating group) is 1. The van der Waals surface area contributed by atoms with Crippen LogP contribution >= 0.6 is 0 Å². The van der Waals surface area contributed by atoms with Gasteiger partial charge in [-0.15, -0.1) is 0 Å². The van der Waals surface area contributed by atoms with Crippen LogP contribution in [0.15, 0.2) is 0 Å². The third-order valence-corrected chi connectivity index (χ3v) is 1.94. The van der Waals surface area contributed by atoms with Crippen molar-refractivity contribution in [1.82, 2.24) is 5.32 Å². The number of ether oxygens (including phenoxy) is 1. The topological polar surface area (TPSA) is 45.0 Å². The highest BCUT2D eigenvalue weighted by molar-refractivity contribution is 5.07. The second-order valence-corrected chi connectivity index (χ2v) is 2.72. The Morgan fingerprint density at radius 2 is 2.27 bits per heavy atom. The Kier molecular flexibility index (Phi) is 4.09. The van der Waals surface area contributed by atoms with Gasteiger partial charge in [0, 0.05) is 7.11 Å². The Morgan fingerprint density at radius 3 is 2.55 bits per heavy atom. The lowest BCUT2D eigenvalue weighted by molar-refractivity contribution is 0.0634. The summed E-state index contributed by atoms with van der Waals surface area (Å²) in [5, 5.41) is 11.9. The van der Waals surface area contributed by atoms with E-state index in [0.717, 1.165) is 6.54 Å². The molecule has 2 atom stereocenters. The largest absolute Gasteiger partial charge is 0.379 e. The smallest absolute Gasteiger partial charge is 0.130 e. The zero-order valence-electron chi connectivity index (χ0n) is 7.64. The summed E-state index contributed by atoms with van der Waals surface area (Å²) >= 11 is 0. The Labute approximate surface area is 68.3 Å². The van der Waals surface area contributed by atoms with Crippen molar-refractivity contribution in [3.05, 3.63) is 0 Å². The maximum Gasteiger partial charge on any atom is 0.130 e. The van der Waals surface area contributed by atoms with Crippen LogP contribution in [0.25, 0.3) is 0 Å². The number of hydrogen-bond acceptors (Lipinski definition) is 3. The summed E-state index contributed by atoms with van der Waals surface area (Å²) in [7, 11) is 1.61. The van der Waals surface area contributed by atoms with Crippen molar-refractivity contribution in [1.29, 1.82) is 5.26 Å². The van der Waals surface area contributed by atoms with Crippen LogP contribution in [-0.4, -0.2) is 25.3 Å². The van der Waals surface area contributed by atoms with Crippen molar-refractivity contribution < 1.29 is 4.74 Å². The lowest BCUT2D eigenvalue weighted by atomic mass is 9.98. The minimum Gasteiger partial charge on any atom is -0.379 e. The van der Waals surface area contributed by atoms with Gasteiger partial charge < -0.3 is 4.74 Å². The summed E-state index contributed by atoms with van der Waals surface area (Å²) in [4.78, 5) is 0. The van der Waals surface area contributed by atoms with Crippen LogP contribution in [0.4, 0.5) is 0 Å². The third-order valence-electron chi connectivity index (χ3n) is 1.94. The average Bonchev–Trinajstić information content (AvgIpc) is 2.03. The summed E-state index contributed by atoms with van der Waals surface area (Å²) in [5.74, 6) is 0. The van der Waals surface area contributed by atoms with E-state index in [0.29, 0.717) is 0 Å². The molecule has 0 spiro atoms. The first-order valence-electron chi connectivity index (χ1n) is 3.79. The van der Waals surface area contributed by atoms with Crippen LogP contribution in [0, 0.1) is 11.3 Å². The molecule has 64 valence electrons. The summed E-state index contributed by atoms with van der Waals surface area (Å²) in [5.41, 5.74) is -0.566. The molecule has 0 rings (SSSR count). The Bertz CT molecular complexity index is 153. The lowest BCUT2D eigenvalue weighted by Crippen LogP contribution is -2.50. The molecule has 0 heterocycles.